The standard InChI is InChI=1S/C18H26BrNO/c1-3-18(4-2,12-19)13-20-17(21)16-11-7-9-14-8-5-6-10-15(14)16/h5-6,8,10,16H,3-4,7,9,11-13H2,1-2H3,(H,20,21). The van der Waals surface area contributed by atoms with Crippen LogP contribution >= 0.6 is 15.9 Å². The van der Waals surface area contributed by atoms with Gasteiger partial charge in [0.05, 0.1) is 5.92 Å². The Morgan fingerprint density at radius 3 is 2.71 bits per heavy atom. The molecule has 1 aromatic rings. The molecule has 0 aliphatic heterocycles. The number of amides is 1. The lowest BCUT2D eigenvalue weighted by molar-refractivity contribution is -0.123. The second-order valence-electron chi connectivity index (χ2n) is 6.20. The van der Waals surface area contributed by atoms with Crippen molar-refractivity contribution in [2.24, 2.45) is 5.41 Å². The summed E-state index contributed by atoms with van der Waals surface area (Å²) in [6.07, 6.45) is 5.35. The van der Waals surface area contributed by atoms with Crippen LogP contribution in [0.15, 0.2) is 24.3 Å². The molecule has 0 heterocycles. The fourth-order valence-corrected chi connectivity index (χ4v) is 4.15. The Kier molecular flexibility index (Phi) is 5.86. The van der Waals surface area contributed by atoms with E-state index in [1.54, 1.807) is 0 Å². The van der Waals surface area contributed by atoms with E-state index in [4.69, 9.17) is 0 Å². The minimum atomic E-state index is 0.0386. The molecule has 1 aliphatic rings. The summed E-state index contributed by atoms with van der Waals surface area (Å²) in [4.78, 5) is 12.6. The topological polar surface area (TPSA) is 29.1 Å². The van der Waals surface area contributed by atoms with E-state index in [-0.39, 0.29) is 17.2 Å². The maximum absolute atomic E-state index is 12.6. The van der Waals surface area contributed by atoms with Crippen molar-refractivity contribution in [1.29, 1.82) is 0 Å². The van der Waals surface area contributed by atoms with Crippen LogP contribution in [-0.2, 0) is 11.2 Å². The smallest absolute Gasteiger partial charge is 0.227 e. The number of halogens is 1. The molecule has 1 amide bonds. The molecular weight excluding hydrogens is 326 g/mol. The third kappa shape index (κ3) is 3.68. The van der Waals surface area contributed by atoms with E-state index in [0.29, 0.717) is 0 Å². The van der Waals surface area contributed by atoms with Crippen LogP contribution < -0.4 is 5.32 Å². The van der Waals surface area contributed by atoms with Gasteiger partial charge in [0, 0.05) is 11.9 Å². The summed E-state index contributed by atoms with van der Waals surface area (Å²) in [6.45, 7) is 5.17. The Bertz CT molecular complexity index is 474. The molecule has 0 saturated carbocycles. The van der Waals surface area contributed by atoms with Crippen molar-refractivity contribution in [1.82, 2.24) is 5.32 Å². The lowest BCUT2D eigenvalue weighted by Gasteiger charge is -2.31. The number of nitrogens with one attached hydrogen (secondary N) is 1. The highest BCUT2D eigenvalue weighted by Gasteiger charge is 2.29. The van der Waals surface area contributed by atoms with E-state index in [1.807, 2.05) is 6.07 Å². The molecule has 2 nitrogen and oxygen atoms in total. The first-order valence-electron chi connectivity index (χ1n) is 8.07. The van der Waals surface area contributed by atoms with Gasteiger partial charge >= 0.3 is 0 Å². The number of benzene rings is 1. The molecule has 2 rings (SSSR count). The van der Waals surface area contributed by atoms with Gasteiger partial charge in [0.1, 0.15) is 0 Å². The van der Waals surface area contributed by atoms with E-state index < -0.39 is 0 Å². The van der Waals surface area contributed by atoms with Gasteiger partial charge in [-0.1, -0.05) is 54.0 Å². The molecule has 0 radical (unpaired) electrons. The van der Waals surface area contributed by atoms with Crippen LogP contribution in [0.4, 0.5) is 0 Å². The van der Waals surface area contributed by atoms with E-state index in [1.165, 1.54) is 11.1 Å². The summed E-state index contributed by atoms with van der Waals surface area (Å²) >= 11 is 3.61. The number of carbonyl (C=O) groups excluding carboxylic acids is 1. The van der Waals surface area contributed by atoms with Crippen LogP contribution in [0.5, 0.6) is 0 Å². The monoisotopic (exact) mass is 351 g/mol. The highest BCUT2D eigenvalue weighted by atomic mass is 79.9. The van der Waals surface area contributed by atoms with Gasteiger partial charge in [-0.15, -0.1) is 0 Å². The number of rotatable bonds is 6. The zero-order valence-corrected chi connectivity index (χ0v) is 14.7. The van der Waals surface area contributed by atoms with Gasteiger partial charge in [-0.25, -0.2) is 0 Å². The molecule has 1 aromatic carbocycles. The quantitative estimate of drug-likeness (QED) is 0.755. The largest absolute Gasteiger partial charge is 0.355 e. The zero-order chi connectivity index (χ0) is 15.3. The first-order valence-corrected chi connectivity index (χ1v) is 9.19. The molecule has 0 saturated heterocycles. The SMILES string of the molecule is CCC(CC)(CBr)CNC(=O)C1CCCc2ccccc21. The van der Waals surface area contributed by atoms with Crippen molar-refractivity contribution in [3.05, 3.63) is 35.4 Å². The lowest BCUT2D eigenvalue weighted by Crippen LogP contribution is -2.40. The van der Waals surface area contributed by atoms with Crippen LogP contribution in [0.25, 0.3) is 0 Å². The Labute approximate surface area is 136 Å². The number of alkyl halides is 1. The molecule has 1 atom stereocenters. The summed E-state index contributed by atoms with van der Waals surface area (Å²) in [5.74, 6) is 0.242. The average Bonchev–Trinajstić information content (AvgIpc) is 2.56. The molecule has 21 heavy (non-hydrogen) atoms. The van der Waals surface area contributed by atoms with Crippen molar-refractivity contribution in [2.45, 2.75) is 51.9 Å². The first kappa shape index (κ1) is 16.5. The average molecular weight is 352 g/mol. The number of fused-ring (bicyclic) bond motifs is 1. The van der Waals surface area contributed by atoms with Gasteiger partial charge in [0.2, 0.25) is 5.91 Å². The van der Waals surface area contributed by atoms with Crippen LogP contribution in [0.2, 0.25) is 0 Å². The maximum Gasteiger partial charge on any atom is 0.227 e. The predicted octanol–water partition coefficient (Wildman–Crippen LogP) is 4.42. The molecule has 1 N–H and O–H groups in total. The van der Waals surface area contributed by atoms with E-state index in [0.717, 1.165) is 44.0 Å². The molecule has 1 unspecified atom stereocenters. The third-order valence-corrected chi connectivity index (χ3v) is 6.30. The number of aryl methyl sites for hydroxylation is 1. The lowest BCUT2D eigenvalue weighted by atomic mass is 9.81. The summed E-state index contributed by atoms with van der Waals surface area (Å²) in [5, 5.41) is 4.16. The first-order chi connectivity index (χ1) is 10.2. The van der Waals surface area contributed by atoms with E-state index >= 15 is 0 Å². The molecular formula is C18H26BrNO. The molecule has 1 aliphatic carbocycles. The van der Waals surface area contributed by atoms with Crippen LogP contribution in [-0.4, -0.2) is 17.8 Å². The minimum Gasteiger partial charge on any atom is -0.355 e. The maximum atomic E-state index is 12.6. The summed E-state index contributed by atoms with van der Waals surface area (Å²) in [6, 6.07) is 8.40. The highest BCUT2D eigenvalue weighted by molar-refractivity contribution is 9.09. The van der Waals surface area contributed by atoms with Crippen molar-refractivity contribution < 1.29 is 4.79 Å². The van der Waals surface area contributed by atoms with Gasteiger partial charge in [-0.2, -0.15) is 0 Å². The zero-order valence-electron chi connectivity index (χ0n) is 13.1. The van der Waals surface area contributed by atoms with Crippen LogP contribution in [0.1, 0.15) is 56.6 Å². The Balaban J connectivity index is 2.05. The number of hydrogen-bond donors (Lipinski definition) is 1. The second-order valence-corrected chi connectivity index (χ2v) is 6.76. The summed E-state index contributed by atoms with van der Waals surface area (Å²) in [7, 11) is 0. The molecule has 0 fully saturated rings. The third-order valence-electron chi connectivity index (χ3n) is 5.11. The molecule has 0 spiro atoms. The number of hydrogen-bond acceptors (Lipinski definition) is 1. The predicted molar refractivity (Wildman–Crippen MR) is 91.9 cm³/mol. The van der Waals surface area contributed by atoms with Gasteiger partial charge in [-0.05, 0) is 48.6 Å². The second kappa shape index (κ2) is 7.44. The molecule has 0 aromatic heterocycles. The van der Waals surface area contributed by atoms with Gasteiger partial charge in [-0.3, -0.25) is 4.79 Å². The summed E-state index contributed by atoms with van der Waals surface area (Å²) < 4.78 is 0. The van der Waals surface area contributed by atoms with Crippen molar-refractivity contribution >= 4 is 21.8 Å². The van der Waals surface area contributed by atoms with Crippen molar-refractivity contribution in [2.75, 3.05) is 11.9 Å². The highest BCUT2D eigenvalue weighted by Crippen LogP contribution is 2.32. The Morgan fingerprint density at radius 1 is 1.33 bits per heavy atom. The molecule has 3 heteroatoms. The van der Waals surface area contributed by atoms with Crippen molar-refractivity contribution in [3.63, 3.8) is 0 Å². The minimum absolute atomic E-state index is 0.0386. The fraction of sp³-hybridized carbons (Fsp3) is 0.611. The van der Waals surface area contributed by atoms with E-state index in [9.17, 15) is 4.79 Å². The van der Waals surface area contributed by atoms with Gasteiger partial charge in [0.15, 0.2) is 0 Å². The normalized spacial score (nSPS) is 18.1. The fourth-order valence-electron chi connectivity index (χ4n) is 3.16. The molecule has 116 valence electrons. The Hall–Kier alpha value is -0.830. The van der Waals surface area contributed by atoms with Crippen molar-refractivity contribution in [3.8, 4) is 0 Å². The van der Waals surface area contributed by atoms with Gasteiger partial charge in [0.25, 0.3) is 0 Å². The van der Waals surface area contributed by atoms with Crippen LogP contribution in [0, 0.1) is 5.41 Å². The van der Waals surface area contributed by atoms with Crippen LogP contribution in [0.3, 0.4) is 0 Å². The Morgan fingerprint density at radius 2 is 2.05 bits per heavy atom. The number of carbonyl (C=O) groups is 1. The molecule has 0 bridgehead atoms. The van der Waals surface area contributed by atoms with E-state index in [2.05, 4.69) is 53.3 Å². The van der Waals surface area contributed by atoms with Gasteiger partial charge < -0.3 is 5.32 Å². The summed E-state index contributed by atoms with van der Waals surface area (Å²) in [5.41, 5.74) is 2.77.